The molecule has 0 unspecified atom stereocenters. The van der Waals surface area contributed by atoms with Crippen LogP contribution in [0.15, 0.2) is 30.9 Å². The van der Waals surface area contributed by atoms with E-state index in [1.165, 1.54) is 0 Å². The first kappa shape index (κ1) is 17.2. The summed E-state index contributed by atoms with van der Waals surface area (Å²) in [6, 6.07) is 1.61. The van der Waals surface area contributed by atoms with Gasteiger partial charge in [0.2, 0.25) is 0 Å². The fourth-order valence-corrected chi connectivity index (χ4v) is 3.03. The van der Waals surface area contributed by atoms with E-state index in [0.717, 1.165) is 25.0 Å². The third kappa shape index (κ3) is 4.26. The van der Waals surface area contributed by atoms with Crippen molar-refractivity contribution in [3.8, 4) is 0 Å². The molecule has 2 N–H and O–H groups in total. The van der Waals surface area contributed by atoms with Gasteiger partial charge in [0.05, 0.1) is 6.33 Å². The van der Waals surface area contributed by atoms with Crippen molar-refractivity contribution in [1.82, 2.24) is 14.9 Å². The monoisotopic (exact) mass is 349 g/mol. The second kappa shape index (κ2) is 7.50. The van der Waals surface area contributed by atoms with E-state index in [4.69, 9.17) is 0 Å². The van der Waals surface area contributed by atoms with Gasteiger partial charge in [0, 0.05) is 43.8 Å². The lowest BCUT2D eigenvalue weighted by atomic mass is 10.2. The van der Waals surface area contributed by atoms with Gasteiger partial charge in [-0.2, -0.15) is 0 Å². The Morgan fingerprint density at radius 2 is 1.96 bits per heavy atom. The van der Waals surface area contributed by atoms with Gasteiger partial charge in [0.15, 0.2) is 11.6 Å². The molecule has 1 aromatic heterocycles. The van der Waals surface area contributed by atoms with Crippen LogP contribution in [0.25, 0.3) is 0 Å². The Labute approximate surface area is 144 Å². The highest BCUT2D eigenvalue weighted by molar-refractivity contribution is 5.89. The molecule has 6 nitrogen and oxygen atoms in total. The van der Waals surface area contributed by atoms with Gasteiger partial charge < -0.3 is 20.1 Å². The molecule has 2 amide bonds. The molecule has 0 radical (unpaired) electrons. The number of benzene rings is 1. The van der Waals surface area contributed by atoms with Crippen molar-refractivity contribution in [2.75, 3.05) is 23.3 Å². The number of imidazole rings is 1. The van der Waals surface area contributed by atoms with Crippen LogP contribution in [0.1, 0.15) is 19.8 Å². The molecule has 2 heterocycles. The molecule has 1 saturated heterocycles. The van der Waals surface area contributed by atoms with E-state index in [1.807, 2.05) is 11.5 Å². The zero-order valence-corrected chi connectivity index (χ0v) is 14.0. The van der Waals surface area contributed by atoms with Crippen molar-refractivity contribution >= 4 is 17.4 Å². The van der Waals surface area contributed by atoms with Crippen molar-refractivity contribution in [2.24, 2.45) is 0 Å². The number of carbonyl (C=O) groups excluding carboxylic acids is 1. The summed E-state index contributed by atoms with van der Waals surface area (Å²) in [6.45, 7) is 3.67. The molecule has 3 rings (SSSR count). The fraction of sp³-hybridized carbons (Fsp3) is 0.412. The summed E-state index contributed by atoms with van der Waals surface area (Å²) in [5.41, 5.74) is 0.0715. The molecule has 1 aliphatic rings. The molecule has 0 aliphatic carbocycles. The highest BCUT2D eigenvalue weighted by atomic mass is 19.1. The van der Waals surface area contributed by atoms with E-state index in [1.54, 1.807) is 23.6 Å². The lowest BCUT2D eigenvalue weighted by molar-refractivity contribution is 0.248. The summed E-state index contributed by atoms with van der Waals surface area (Å²) in [4.78, 5) is 17.6. The number of anilines is 2. The highest BCUT2D eigenvalue weighted by Gasteiger charge is 2.21. The number of hydrogen-bond donors (Lipinski definition) is 2. The van der Waals surface area contributed by atoms with Crippen LogP contribution in [0, 0.1) is 11.6 Å². The molecule has 1 fully saturated rings. The van der Waals surface area contributed by atoms with Gasteiger partial charge in [-0.1, -0.05) is 0 Å². The molecular formula is C17H21F2N5O. The molecular weight excluding hydrogens is 328 g/mol. The number of hydrogen-bond acceptors (Lipinski definition) is 3. The third-order valence-corrected chi connectivity index (χ3v) is 4.12. The Morgan fingerprint density at radius 1 is 1.28 bits per heavy atom. The summed E-state index contributed by atoms with van der Waals surface area (Å²) in [5.74, 6) is -1.33. The normalized spacial score (nSPS) is 15.2. The van der Waals surface area contributed by atoms with Crippen LogP contribution in [0.2, 0.25) is 0 Å². The van der Waals surface area contributed by atoms with Crippen LogP contribution in [-0.4, -0.2) is 34.7 Å². The van der Waals surface area contributed by atoms with E-state index in [2.05, 4.69) is 15.6 Å². The molecule has 25 heavy (non-hydrogen) atoms. The molecule has 1 aromatic carbocycles. The average molecular weight is 349 g/mol. The minimum absolute atomic E-state index is 0.0167. The number of nitrogens with zero attached hydrogens (tertiary/aromatic N) is 3. The summed E-state index contributed by atoms with van der Waals surface area (Å²) in [7, 11) is 0. The van der Waals surface area contributed by atoms with E-state index >= 15 is 0 Å². The smallest absolute Gasteiger partial charge is 0.319 e. The minimum Gasteiger partial charge on any atom is -0.367 e. The van der Waals surface area contributed by atoms with Gasteiger partial charge in [-0.05, 0) is 31.9 Å². The highest BCUT2D eigenvalue weighted by Crippen LogP contribution is 2.29. The quantitative estimate of drug-likeness (QED) is 0.872. The topological polar surface area (TPSA) is 62.2 Å². The number of aromatic nitrogens is 2. The van der Waals surface area contributed by atoms with Crippen molar-refractivity contribution in [3.63, 3.8) is 0 Å². The lowest BCUT2D eigenvalue weighted by Crippen LogP contribution is -2.38. The fourth-order valence-electron chi connectivity index (χ4n) is 3.03. The summed E-state index contributed by atoms with van der Waals surface area (Å²) in [5, 5.41) is 5.20. The molecule has 8 heteroatoms. The zero-order valence-electron chi connectivity index (χ0n) is 14.0. The second-order valence-electron chi connectivity index (χ2n) is 6.24. The maximum absolute atomic E-state index is 14.3. The number of rotatable bonds is 5. The largest absolute Gasteiger partial charge is 0.367 e. The van der Waals surface area contributed by atoms with E-state index in [0.29, 0.717) is 19.6 Å². The van der Waals surface area contributed by atoms with Gasteiger partial charge in [-0.3, -0.25) is 0 Å². The predicted molar refractivity (Wildman–Crippen MR) is 91.6 cm³/mol. The maximum atomic E-state index is 14.3. The number of amides is 2. The van der Waals surface area contributed by atoms with Gasteiger partial charge in [-0.25, -0.2) is 18.6 Å². The van der Waals surface area contributed by atoms with E-state index in [-0.39, 0.29) is 17.4 Å². The minimum atomic E-state index is -0.663. The van der Waals surface area contributed by atoms with Gasteiger partial charge in [0.25, 0.3) is 0 Å². The Hall–Kier alpha value is -2.64. The predicted octanol–water partition coefficient (Wildman–Crippen LogP) is 2.97. The van der Waals surface area contributed by atoms with Crippen LogP contribution in [-0.2, 0) is 6.54 Å². The average Bonchev–Trinajstić information content (AvgIpc) is 3.19. The maximum Gasteiger partial charge on any atom is 0.319 e. The van der Waals surface area contributed by atoms with Crippen LogP contribution in [0.4, 0.5) is 25.0 Å². The van der Waals surface area contributed by atoms with Gasteiger partial charge in [-0.15, -0.1) is 0 Å². The van der Waals surface area contributed by atoms with Gasteiger partial charge >= 0.3 is 6.03 Å². The number of nitrogens with one attached hydrogen (secondary N) is 2. The first-order chi connectivity index (χ1) is 12.0. The molecule has 2 aromatic rings. The molecule has 0 bridgehead atoms. The SMILES string of the molecule is C[C@@H](Cn1ccnc1)NC(=O)Nc1cc(F)c(N2CCCC2)c(F)c1. The Bertz CT molecular complexity index is 706. The Kier molecular flexibility index (Phi) is 5.16. The Balaban J connectivity index is 1.61. The first-order valence-corrected chi connectivity index (χ1v) is 8.30. The number of urea groups is 1. The van der Waals surface area contributed by atoms with Crippen molar-refractivity contribution < 1.29 is 13.6 Å². The molecule has 0 spiro atoms. The van der Waals surface area contributed by atoms with Crippen molar-refractivity contribution in [3.05, 3.63) is 42.5 Å². The van der Waals surface area contributed by atoms with Crippen LogP contribution < -0.4 is 15.5 Å². The standard InChI is InChI=1S/C17H21F2N5O/c1-12(10-23-7-4-20-11-23)21-17(25)22-13-8-14(18)16(15(19)9-13)24-5-2-3-6-24/h4,7-9,11-12H,2-3,5-6,10H2,1H3,(H2,21,22,25)/t12-/m0/s1. The summed E-state index contributed by atoms with van der Waals surface area (Å²) >= 11 is 0. The van der Waals surface area contributed by atoms with Crippen molar-refractivity contribution in [1.29, 1.82) is 0 Å². The van der Waals surface area contributed by atoms with Crippen LogP contribution >= 0.6 is 0 Å². The molecule has 134 valence electrons. The lowest BCUT2D eigenvalue weighted by Gasteiger charge is -2.20. The summed E-state index contributed by atoms with van der Waals surface area (Å²) < 4.78 is 30.4. The van der Waals surface area contributed by atoms with Crippen LogP contribution in [0.3, 0.4) is 0 Å². The van der Waals surface area contributed by atoms with Crippen molar-refractivity contribution in [2.45, 2.75) is 32.4 Å². The summed E-state index contributed by atoms with van der Waals surface area (Å²) in [6.07, 6.45) is 6.95. The van der Waals surface area contributed by atoms with Crippen LogP contribution in [0.5, 0.6) is 0 Å². The second-order valence-corrected chi connectivity index (χ2v) is 6.24. The Morgan fingerprint density at radius 3 is 2.56 bits per heavy atom. The first-order valence-electron chi connectivity index (χ1n) is 8.30. The zero-order chi connectivity index (χ0) is 17.8. The number of halogens is 2. The van der Waals surface area contributed by atoms with E-state index < -0.39 is 17.7 Å². The molecule has 0 saturated carbocycles. The third-order valence-electron chi connectivity index (χ3n) is 4.12. The molecule has 1 atom stereocenters. The van der Waals surface area contributed by atoms with Gasteiger partial charge in [0.1, 0.15) is 5.69 Å². The van der Waals surface area contributed by atoms with E-state index in [9.17, 15) is 13.6 Å². The number of carbonyl (C=O) groups is 1. The molecule has 1 aliphatic heterocycles.